The van der Waals surface area contributed by atoms with E-state index in [2.05, 4.69) is 22.9 Å². The van der Waals surface area contributed by atoms with Gasteiger partial charge in [0.1, 0.15) is 5.82 Å². The van der Waals surface area contributed by atoms with Crippen molar-refractivity contribution in [1.29, 1.82) is 0 Å². The minimum absolute atomic E-state index is 0.139. The van der Waals surface area contributed by atoms with Crippen LogP contribution in [-0.4, -0.2) is 30.3 Å². The molecule has 0 spiro atoms. The summed E-state index contributed by atoms with van der Waals surface area (Å²) in [7, 11) is 3.93. The van der Waals surface area contributed by atoms with E-state index in [9.17, 15) is 9.18 Å². The summed E-state index contributed by atoms with van der Waals surface area (Å²) in [5.41, 5.74) is 0.0552. The highest BCUT2D eigenvalue weighted by atomic mass is 79.9. The zero-order valence-electron chi connectivity index (χ0n) is 13.0. The largest absolute Gasteiger partial charge is 0.297 e. The zero-order chi connectivity index (χ0) is 15.6. The molecule has 0 N–H and O–H groups in total. The maximum absolute atomic E-state index is 14.0. The quantitative estimate of drug-likeness (QED) is 0.806. The molecule has 0 aliphatic heterocycles. The molecule has 1 saturated carbocycles. The molecule has 0 bridgehead atoms. The number of rotatable bonds is 4. The van der Waals surface area contributed by atoms with Gasteiger partial charge in [0, 0.05) is 10.9 Å². The number of carbonyl (C=O) groups excluding carboxylic acids is 1. The van der Waals surface area contributed by atoms with E-state index in [0.29, 0.717) is 16.0 Å². The number of nitrogens with zero attached hydrogens (tertiary/aromatic N) is 1. The van der Waals surface area contributed by atoms with Crippen molar-refractivity contribution in [3.63, 3.8) is 0 Å². The van der Waals surface area contributed by atoms with Crippen molar-refractivity contribution in [3.8, 4) is 0 Å². The molecule has 1 aromatic carbocycles. The summed E-state index contributed by atoms with van der Waals surface area (Å²) in [4.78, 5) is 14.9. The Bertz CT molecular complexity index is 532. The van der Waals surface area contributed by atoms with E-state index in [-0.39, 0.29) is 18.0 Å². The molecule has 0 saturated heterocycles. The van der Waals surface area contributed by atoms with Crippen LogP contribution < -0.4 is 0 Å². The lowest BCUT2D eigenvalue weighted by atomic mass is 9.72. The molecule has 2 rings (SSSR count). The molecular weight excluding hydrogens is 333 g/mol. The van der Waals surface area contributed by atoms with Gasteiger partial charge >= 0.3 is 0 Å². The molecule has 1 aromatic rings. The topological polar surface area (TPSA) is 20.3 Å². The lowest BCUT2D eigenvalue weighted by Gasteiger charge is -2.44. The third-order valence-electron chi connectivity index (χ3n) is 4.71. The smallest absolute Gasteiger partial charge is 0.157 e. The first-order valence-electron chi connectivity index (χ1n) is 7.50. The van der Waals surface area contributed by atoms with Crippen LogP contribution in [0.1, 0.15) is 38.2 Å². The second-order valence-electron chi connectivity index (χ2n) is 6.46. The van der Waals surface area contributed by atoms with Gasteiger partial charge in [-0.3, -0.25) is 9.69 Å². The Balaban J connectivity index is 2.23. The van der Waals surface area contributed by atoms with Crippen molar-refractivity contribution in [3.05, 3.63) is 34.1 Å². The van der Waals surface area contributed by atoms with E-state index in [1.165, 1.54) is 12.5 Å². The van der Waals surface area contributed by atoms with Crippen molar-refractivity contribution >= 4 is 21.7 Å². The number of hydrogen-bond acceptors (Lipinski definition) is 2. The first-order valence-corrected chi connectivity index (χ1v) is 8.29. The van der Waals surface area contributed by atoms with Crippen LogP contribution in [0.25, 0.3) is 0 Å². The second kappa shape index (κ2) is 6.57. The van der Waals surface area contributed by atoms with Crippen molar-refractivity contribution in [1.82, 2.24) is 4.90 Å². The summed E-state index contributed by atoms with van der Waals surface area (Å²) in [5, 5.41) is 0. The molecule has 2 nitrogen and oxygen atoms in total. The lowest BCUT2D eigenvalue weighted by molar-refractivity contribution is -0.132. The molecule has 1 aliphatic carbocycles. The number of likely N-dealkylation sites (N-methyl/N-ethyl adjacent to an activating group) is 1. The number of Topliss-reactive ketones (excluding diaryl/α,β-unsaturated/α-hetero) is 1. The van der Waals surface area contributed by atoms with Crippen molar-refractivity contribution in [2.45, 2.75) is 44.6 Å². The normalized spacial score (nSPS) is 26.1. The zero-order valence-corrected chi connectivity index (χ0v) is 14.5. The van der Waals surface area contributed by atoms with Gasteiger partial charge in [0.05, 0.1) is 5.54 Å². The molecule has 0 radical (unpaired) electrons. The van der Waals surface area contributed by atoms with Gasteiger partial charge in [-0.1, -0.05) is 41.8 Å². The van der Waals surface area contributed by atoms with E-state index < -0.39 is 5.54 Å². The van der Waals surface area contributed by atoms with Gasteiger partial charge in [0.2, 0.25) is 0 Å². The lowest BCUT2D eigenvalue weighted by Crippen LogP contribution is -2.54. The fourth-order valence-corrected chi connectivity index (χ4v) is 3.77. The molecule has 2 unspecified atom stereocenters. The van der Waals surface area contributed by atoms with Crippen LogP contribution in [0.5, 0.6) is 0 Å². The summed E-state index contributed by atoms with van der Waals surface area (Å²) >= 11 is 3.25. The number of carbonyl (C=O) groups is 1. The van der Waals surface area contributed by atoms with Crippen molar-refractivity contribution in [2.24, 2.45) is 5.92 Å². The second-order valence-corrected chi connectivity index (χ2v) is 7.38. The Hall–Kier alpha value is -0.740. The molecule has 116 valence electrons. The molecule has 0 amide bonds. The van der Waals surface area contributed by atoms with Crippen LogP contribution >= 0.6 is 15.9 Å². The van der Waals surface area contributed by atoms with Crippen LogP contribution in [-0.2, 0) is 11.2 Å². The number of halogens is 2. The van der Waals surface area contributed by atoms with E-state index in [4.69, 9.17) is 0 Å². The van der Waals surface area contributed by atoms with Gasteiger partial charge in [-0.05, 0) is 50.6 Å². The first kappa shape index (κ1) is 16.6. The molecule has 0 heterocycles. The van der Waals surface area contributed by atoms with Gasteiger partial charge in [-0.25, -0.2) is 4.39 Å². The SMILES string of the molecule is CC1CCCC(C(=O)Cc2ccc(Br)cc2F)(N(C)C)C1. The predicted octanol–water partition coefficient (Wildman–Crippen LogP) is 4.21. The van der Waals surface area contributed by atoms with Crippen LogP contribution in [0.2, 0.25) is 0 Å². The number of benzene rings is 1. The van der Waals surface area contributed by atoms with Crippen LogP contribution in [0.3, 0.4) is 0 Å². The monoisotopic (exact) mass is 355 g/mol. The fourth-order valence-electron chi connectivity index (χ4n) is 3.43. The summed E-state index contributed by atoms with van der Waals surface area (Å²) in [6.07, 6.45) is 4.16. The highest BCUT2D eigenvalue weighted by molar-refractivity contribution is 9.10. The summed E-state index contributed by atoms with van der Waals surface area (Å²) in [6, 6.07) is 4.92. The van der Waals surface area contributed by atoms with Crippen LogP contribution in [0, 0.1) is 11.7 Å². The highest BCUT2D eigenvalue weighted by Crippen LogP contribution is 2.37. The van der Waals surface area contributed by atoms with Gasteiger partial charge in [0.15, 0.2) is 5.78 Å². The predicted molar refractivity (Wildman–Crippen MR) is 86.9 cm³/mol. The average molecular weight is 356 g/mol. The third-order valence-corrected chi connectivity index (χ3v) is 5.21. The standard InChI is InChI=1S/C17H23BrFNO/c1-12-5-4-8-17(11-12,20(2)3)16(21)9-13-6-7-14(18)10-15(13)19/h6-7,10,12H,4-5,8-9,11H2,1-3H3. The summed E-state index contributed by atoms with van der Waals surface area (Å²) in [6.45, 7) is 2.20. The Morgan fingerprint density at radius 1 is 1.48 bits per heavy atom. The molecular formula is C17H23BrFNO. The number of ketones is 1. The average Bonchev–Trinajstić information content (AvgIpc) is 2.41. The van der Waals surface area contributed by atoms with Gasteiger partial charge in [-0.2, -0.15) is 0 Å². The molecule has 1 aliphatic rings. The minimum Gasteiger partial charge on any atom is -0.297 e. The minimum atomic E-state index is -0.433. The maximum atomic E-state index is 14.0. The van der Waals surface area contributed by atoms with Crippen LogP contribution in [0.4, 0.5) is 4.39 Å². The Morgan fingerprint density at radius 3 is 2.76 bits per heavy atom. The Kier molecular flexibility index (Phi) is 5.20. The van der Waals surface area contributed by atoms with Gasteiger partial charge in [-0.15, -0.1) is 0 Å². The van der Waals surface area contributed by atoms with E-state index in [0.717, 1.165) is 19.3 Å². The van der Waals surface area contributed by atoms with Gasteiger partial charge < -0.3 is 0 Å². The van der Waals surface area contributed by atoms with Gasteiger partial charge in [0.25, 0.3) is 0 Å². The fraction of sp³-hybridized carbons (Fsp3) is 0.588. The Morgan fingerprint density at radius 2 is 2.19 bits per heavy atom. The van der Waals surface area contributed by atoms with Crippen molar-refractivity contribution in [2.75, 3.05) is 14.1 Å². The number of hydrogen-bond donors (Lipinski definition) is 0. The molecule has 1 fully saturated rings. The molecule has 2 atom stereocenters. The maximum Gasteiger partial charge on any atom is 0.157 e. The highest BCUT2D eigenvalue weighted by Gasteiger charge is 2.43. The third kappa shape index (κ3) is 3.54. The van der Waals surface area contributed by atoms with Crippen LogP contribution in [0.15, 0.2) is 22.7 Å². The molecule has 21 heavy (non-hydrogen) atoms. The molecule has 0 aromatic heterocycles. The van der Waals surface area contributed by atoms with E-state index >= 15 is 0 Å². The summed E-state index contributed by atoms with van der Waals surface area (Å²) < 4.78 is 14.7. The first-order chi connectivity index (χ1) is 9.85. The summed E-state index contributed by atoms with van der Waals surface area (Å²) in [5.74, 6) is 0.371. The molecule has 4 heteroatoms. The van der Waals surface area contributed by atoms with E-state index in [1.54, 1.807) is 12.1 Å². The Labute approximate surface area is 134 Å². The van der Waals surface area contributed by atoms with E-state index in [1.807, 2.05) is 19.0 Å². The van der Waals surface area contributed by atoms with Crippen molar-refractivity contribution < 1.29 is 9.18 Å².